The molecule has 0 saturated carbocycles. The lowest BCUT2D eigenvalue weighted by Crippen LogP contribution is -2.26. The Balaban J connectivity index is 3.79. The van der Waals surface area contributed by atoms with E-state index < -0.39 is 0 Å². The number of halogens is 1. The van der Waals surface area contributed by atoms with Crippen molar-refractivity contribution < 1.29 is 0 Å². The van der Waals surface area contributed by atoms with Crippen LogP contribution in [0.5, 0.6) is 0 Å². The molecule has 0 spiro atoms. The summed E-state index contributed by atoms with van der Waals surface area (Å²) >= 11 is 5.96. The minimum Gasteiger partial charge on any atom is -0.348 e. The highest BCUT2D eigenvalue weighted by atomic mass is 35.5. The summed E-state index contributed by atoms with van der Waals surface area (Å²) in [5, 5.41) is 0.661. The van der Waals surface area contributed by atoms with E-state index in [9.17, 15) is 0 Å². The molecule has 0 rings (SSSR count). The lowest BCUT2D eigenvalue weighted by atomic mass is 10.3. The van der Waals surface area contributed by atoms with Crippen LogP contribution in [0, 0.1) is 0 Å². The Bertz CT molecular complexity index is 130. The van der Waals surface area contributed by atoms with Crippen LogP contribution in [0.4, 0.5) is 0 Å². The molecule has 0 aromatic rings. The van der Waals surface area contributed by atoms with Gasteiger partial charge in [-0.1, -0.05) is 13.3 Å². The van der Waals surface area contributed by atoms with Crippen molar-refractivity contribution in [3.8, 4) is 0 Å². The van der Waals surface area contributed by atoms with Crippen LogP contribution >= 0.6 is 11.6 Å². The van der Waals surface area contributed by atoms with Crippen LogP contribution in [-0.4, -0.2) is 29.8 Å². The molecule has 2 nitrogen and oxygen atoms in total. The largest absolute Gasteiger partial charge is 0.348 e. The smallest absolute Gasteiger partial charge is 0.193 e. The minimum atomic E-state index is 0.661. The normalized spacial score (nSPS) is 11.8. The summed E-state index contributed by atoms with van der Waals surface area (Å²) in [6.07, 6.45) is 2.30. The average Bonchev–Trinajstić information content (AvgIpc) is 2.07. The maximum absolute atomic E-state index is 5.96. The molecule has 0 aliphatic rings. The van der Waals surface area contributed by atoms with Gasteiger partial charge in [-0.25, -0.2) is 0 Å². The van der Waals surface area contributed by atoms with E-state index in [1.165, 1.54) is 6.42 Å². The lowest BCUT2D eigenvalue weighted by Gasteiger charge is -2.17. The van der Waals surface area contributed by atoms with Crippen molar-refractivity contribution in [2.75, 3.05) is 19.6 Å². The summed E-state index contributed by atoms with van der Waals surface area (Å²) in [6, 6.07) is 0. The molecule has 0 aliphatic heterocycles. The zero-order chi connectivity index (χ0) is 9.40. The van der Waals surface area contributed by atoms with Crippen LogP contribution in [-0.2, 0) is 0 Å². The van der Waals surface area contributed by atoms with Crippen molar-refractivity contribution in [3.05, 3.63) is 0 Å². The second-order valence-corrected chi connectivity index (χ2v) is 3.01. The van der Waals surface area contributed by atoms with Crippen LogP contribution in [0.15, 0.2) is 4.99 Å². The highest BCUT2D eigenvalue weighted by Crippen LogP contribution is 1.98. The van der Waals surface area contributed by atoms with E-state index in [4.69, 9.17) is 11.6 Å². The fourth-order valence-electron chi connectivity index (χ4n) is 0.914. The second kappa shape index (κ2) is 7.41. The predicted octanol–water partition coefficient (Wildman–Crippen LogP) is 2.72. The summed E-state index contributed by atoms with van der Waals surface area (Å²) in [7, 11) is 0. The van der Waals surface area contributed by atoms with Crippen molar-refractivity contribution in [3.63, 3.8) is 0 Å². The summed E-state index contributed by atoms with van der Waals surface area (Å²) < 4.78 is 0. The first-order chi connectivity index (χ1) is 5.76. The second-order valence-electron chi connectivity index (χ2n) is 2.68. The highest BCUT2D eigenvalue weighted by Gasteiger charge is 2.01. The zero-order valence-electron chi connectivity index (χ0n) is 8.31. The highest BCUT2D eigenvalue weighted by molar-refractivity contribution is 6.64. The van der Waals surface area contributed by atoms with Gasteiger partial charge in [0.05, 0.1) is 0 Å². The monoisotopic (exact) mass is 190 g/mol. The maximum atomic E-state index is 5.96. The third-order valence-electron chi connectivity index (χ3n) is 1.78. The van der Waals surface area contributed by atoms with Crippen LogP contribution in [0.1, 0.15) is 33.6 Å². The Hall–Kier alpha value is -0.240. The van der Waals surface area contributed by atoms with Crippen LogP contribution in [0.3, 0.4) is 0 Å². The third-order valence-corrected chi connectivity index (χ3v) is 2.14. The molecule has 12 heavy (non-hydrogen) atoms. The maximum Gasteiger partial charge on any atom is 0.193 e. The number of unbranched alkanes of at least 4 members (excludes halogenated alkanes) is 1. The predicted molar refractivity (Wildman–Crippen MR) is 56.0 cm³/mol. The summed E-state index contributed by atoms with van der Waals surface area (Å²) in [6.45, 7) is 9.05. The molecule has 0 aliphatic carbocycles. The fourth-order valence-corrected chi connectivity index (χ4v) is 1.24. The van der Waals surface area contributed by atoms with Gasteiger partial charge in [-0.05, 0) is 31.9 Å². The minimum absolute atomic E-state index is 0.661. The Kier molecular flexibility index (Phi) is 7.26. The average molecular weight is 191 g/mol. The Labute approximate surface area is 80.6 Å². The topological polar surface area (TPSA) is 15.6 Å². The zero-order valence-corrected chi connectivity index (χ0v) is 9.06. The van der Waals surface area contributed by atoms with E-state index in [1.54, 1.807) is 0 Å². The van der Waals surface area contributed by atoms with E-state index >= 15 is 0 Å². The molecule has 0 radical (unpaired) electrons. The molecule has 3 heteroatoms. The SMILES string of the molecule is CCCCN=C(Cl)N(CC)CC. The van der Waals surface area contributed by atoms with E-state index in [0.717, 1.165) is 26.1 Å². The molecule has 0 amide bonds. The molecule has 0 bridgehead atoms. The lowest BCUT2D eigenvalue weighted by molar-refractivity contribution is 0.471. The number of hydrogen-bond acceptors (Lipinski definition) is 1. The first kappa shape index (κ1) is 11.8. The Morgan fingerprint density at radius 3 is 2.25 bits per heavy atom. The van der Waals surface area contributed by atoms with E-state index in [0.29, 0.717) is 5.29 Å². The number of nitrogens with zero attached hydrogens (tertiary/aromatic N) is 2. The van der Waals surface area contributed by atoms with Gasteiger partial charge in [-0.3, -0.25) is 4.99 Å². The van der Waals surface area contributed by atoms with E-state index in [-0.39, 0.29) is 0 Å². The number of amidine groups is 1. The van der Waals surface area contributed by atoms with Gasteiger partial charge in [0.2, 0.25) is 0 Å². The fraction of sp³-hybridized carbons (Fsp3) is 0.889. The van der Waals surface area contributed by atoms with Crippen molar-refractivity contribution in [2.24, 2.45) is 4.99 Å². The van der Waals surface area contributed by atoms with Gasteiger partial charge in [0.25, 0.3) is 0 Å². The summed E-state index contributed by atoms with van der Waals surface area (Å²) in [5.74, 6) is 0. The van der Waals surface area contributed by atoms with Crippen molar-refractivity contribution in [1.82, 2.24) is 4.90 Å². The van der Waals surface area contributed by atoms with E-state index in [1.807, 2.05) is 0 Å². The standard InChI is InChI=1S/C9H19ClN2/c1-4-7-8-11-9(10)12(5-2)6-3/h4-8H2,1-3H3. The molecule has 0 aromatic carbocycles. The Morgan fingerprint density at radius 1 is 1.25 bits per heavy atom. The molecule has 0 saturated heterocycles. The van der Waals surface area contributed by atoms with Crippen LogP contribution in [0.25, 0.3) is 0 Å². The van der Waals surface area contributed by atoms with Gasteiger partial charge in [-0.2, -0.15) is 0 Å². The summed E-state index contributed by atoms with van der Waals surface area (Å²) in [5.41, 5.74) is 0. The van der Waals surface area contributed by atoms with Gasteiger partial charge >= 0.3 is 0 Å². The van der Waals surface area contributed by atoms with Gasteiger partial charge in [0.15, 0.2) is 5.29 Å². The number of aliphatic imine (C=N–C) groups is 1. The Morgan fingerprint density at radius 2 is 1.83 bits per heavy atom. The van der Waals surface area contributed by atoms with Crippen molar-refractivity contribution in [1.29, 1.82) is 0 Å². The van der Waals surface area contributed by atoms with Gasteiger partial charge in [0, 0.05) is 19.6 Å². The number of hydrogen-bond donors (Lipinski definition) is 0. The summed E-state index contributed by atoms with van der Waals surface area (Å²) in [4.78, 5) is 6.32. The molecule has 0 atom stereocenters. The van der Waals surface area contributed by atoms with Gasteiger partial charge < -0.3 is 4.90 Å². The van der Waals surface area contributed by atoms with Crippen molar-refractivity contribution in [2.45, 2.75) is 33.6 Å². The molecule has 0 fully saturated rings. The van der Waals surface area contributed by atoms with Gasteiger partial charge in [-0.15, -0.1) is 0 Å². The molecule has 0 N–H and O–H groups in total. The van der Waals surface area contributed by atoms with Crippen LogP contribution < -0.4 is 0 Å². The quantitative estimate of drug-likeness (QED) is 0.282. The first-order valence-electron chi connectivity index (χ1n) is 4.71. The molecular formula is C9H19ClN2. The van der Waals surface area contributed by atoms with Crippen LogP contribution in [0.2, 0.25) is 0 Å². The van der Waals surface area contributed by atoms with Gasteiger partial charge in [0.1, 0.15) is 0 Å². The molecule has 72 valence electrons. The van der Waals surface area contributed by atoms with E-state index in [2.05, 4.69) is 30.7 Å². The third kappa shape index (κ3) is 4.60. The first-order valence-corrected chi connectivity index (χ1v) is 5.08. The molecule has 0 aromatic heterocycles. The molecular weight excluding hydrogens is 172 g/mol. The number of rotatable bonds is 5. The van der Waals surface area contributed by atoms with Crippen molar-refractivity contribution >= 4 is 16.9 Å². The molecule has 0 unspecified atom stereocenters. The molecule has 0 heterocycles.